The average Bonchev–Trinajstić information content (AvgIpc) is 2.93. The number of nitrogens with zero attached hydrogens (tertiary/aromatic N) is 2. The third kappa shape index (κ3) is 6.10. The van der Waals surface area contributed by atoms with E-state index in [2.05, 4.69) is 9.64 Å². The smallest absolute Gasteiger partial charge is 0.406 e. The Labute approximate surface area is 166 Å². The van der Waals surface area contributed by atoms with Crippen LogP contribution in [-0.2, 0) is 11.2 Å². The Balaban J connectivity index is 1.56. The largest absolute Gasteiger partial charge is 0.573 e. The normalized spacial score (nSPS) is 15.2. The van der Waals surface area contributed by atoms with Crippen LogP contribution in [-0.4, -0.2) is 43.3 Å². The van der Waals surface area contributed by atoms with E-state index in [4.69, 9.17) is 0 Å². The van der Waals surface area contributed by atoms with E-state index < -0.39 is 6.36 Å². The summed E-state index contributed by atoms with van der Waals surface area (Å²) in [5.41, 5.74) is 1.25. The van der Waals surface area contributed by atoms with Crippen molar-refractivity contribution in [2.75, 3.05) is 31.1 Å². The van der Waals surface area contributed by atoms with Crippen molar-refractivity contribution in [1.82, 2.24) is 4.90 Å². The number of carbonyl (C=O) groups is 1. The van der Waals surface area contributed by atoms with Gasteiger partial charge in [-0.1, -0.05) is 18.2 Å². The highest BCUT2D eigenvalue weighted by Gasteiger charge is 2.32. The Morgan fingerprint density at radius 1 is 0.966 bits per heavy atom. The SMILES string of the molecule is O=C(CCc1ccccc1OC(F)(F)F)N1CCCN(c2ccc(F)cc2)CC1. The van der Waals surface area contributed by atoms with Crippen molar-refractivity contribution in [3.8, 4) is 5.75 Å². The molecule has 156 valence electrons. The fourth-order valence-corrected chi connectivity index (χ4v) is 3.41. The highest BCUT2D eigenvalue weighted by molar-refractivity contribution is 5.76. The first-order valence-corrected chi connectivity index (χ1v) is 9.44. The second-order valence-corrected chi connectivity index (χ2v) is 6.85. The standard InChI is InChI=1S/C21H22F4N2O2/c22-17-7-9-18(10-8-17)26-12-3-13-27(15-14-26)20(28)11-6-16-4-1-2-5-19(16)29-21(23,24)25/h1-2,4-5,7-10H,3,6,11-15H2. The van der Waals surface area contributed by atoms with Crippen LogP contribution in [0.5, 0.6) is 5.75 Å². The van der Waals surface area contributed by atoms with Gasteiger partial charge in [0.15, 0.2) is 0 Å². The van der Waals surface area contributed by atoms with Gasteiger partial charge >= 0.3 is 6.36 Å². The Bertz CT molecular complexity index is 824. The van der Waals surface area contributed by atoms with E-state index in [1.54, 1.807) is 23.1 Å². The molecule has 0 unspecified atom stereocenters. The zero-order chi connectivity index (χ0) is 20.9. The molecule has 1 aliphatic rings. The fourth-order valence-electron chi connectivity index (χ4n) is 3.41. The summed E-state index contributed by atoms with van der Waals surface area (Å²) in [6.45, 7) is 2.46. The quantitative estimate of drug-likeness (QED) is 0.686. The summed E-state index contributed by atoms with van der Waals surface area (Å²) in [4.78, 5) is 16.4. The summed E-state index contributed by atoms with van der Waals surface area (Å²) in [5.74, 6) is -0.672. The molecule has 29 heavy (non-hydrogen) atoms. The Kier molecular flexibility index (Phi) is 6.61. The summed E-state index contributed by atoms with van der Waals surface area (Å²) in [7, 11) is 0. The van der Waals surface area contributed by atoms with Gasteiger partial charge in [0.2, 0.25) is 5.91 Å². The second-order valence-electron chi connectivity index (χ2n) is 6.85. The van der Waals surface area contributed by atoms with Crippen molar-refractivity contribution in [3.63, 3.8) is 0 Å². The Morgan fingerprint density at radius 3 is 2.41 bits per heavy atom. The van der Waals surface area contributed by atoms with Gasteiger partial charge in [0.25, 0.3) is 0 Å². The molecule has 0 saturated carbocycles. The Morgan fingerprint density at radius 2 is 1.69 bits per heavy atom. The number of hydrogen-bond acceptors (Lipinski definition) is 3. The van der Waals surface area contributed by atoms with E-state index >= 15 is 0 Å². The minimum Gasteiger partial charge on any atom is -0.406 e. The molecule has 0 spiro atoms. The molecule has 2 aromatic carbocycles. The van der Waals surface area contributed by atoms with Gasteiger partial charge < -0.3 is 14.5 Å². The van der Waals surface area contributed by atoms with Crippen LogP contribution in [0.25, 0.3) is 0 Å². The monoisotopic (exact) mass is 410 g/mol. The highest BCUT2D eigenvalue weighted by atomic mass is 19.4. The predicted octanol–water partition coefficient (Wildman–Crippen LogP) is 4.40. The highest BCUT2D eigenvalue weighted by Crippen LogP contribution is 2.27. The van der Waals surface area contributed by atoms with Crippen LogP contribution in [0.15, 0.2) is 48.5 Å². The molecule has 8 heteroatoms. The van der Waals surface area contributed by atoms with E-state index in [-0.39, 0.29) is 30.3 Å². The summed E-state index contributed by atoms with van der Waals surface area (Å²) in [5, 5.41) is 0. The first kappa shape index (κ1) is 21.0. The lowest BCUT2D eigenvalue weighted by molar-refractivity contribution is -0.274. The fraction of sp³-hybridized carbons (Fsp3) is 0.381. The molecule has 1 heterocycles. The van der Waals surface area contributed by atoms with Crippen LogP contribution < -0.4 is 9.64 Å². The number of benzene rings is 2. The topological polar surface area (TPSA) is 32.8 Å². The molecule has 0 bridgehead atoms. The lowest BCUT2D eigenvalue weighted by Gasteiger charge is -2.24. The van der Waals surface area contributed by atoms with E-state index in [0.29, 0.717) is 25.2 Å². The minimum atomic E-state index is -4.77. The molecule has 2 aromatic rings. The number of alkyl halides is 3. The first-order valence-electron chi connectivity index (χ1n) is 9.44. The Hall–Kier alpha value is -2.77. The predicted molar refractivity (Wildman–Crippen MR) is 101 cm³/mol. The van der Waals surface area contributed by atoms with Crippen molar-refractivity contribution in [3.05, 3.63) is 59.9 Å². The number of aryl methyl sites for hydroxylation is 1. The summed E-state index contributed by atoms with van der Waals surface area (Å²) in [6.07, 6.45) is -3.73. The van der Waals surface area contributed by atoms with Gasteiger partial charge in [0.1, 0.15) is 11.6 Å². The number of hydrogen-bond donors (Lipinski definition) is 0. The van der Waals surface area contributed by atoms with Crippen molar-refractivity contribution in [1.29, 1.82) is 0 Å². The van der Waals surface area contributed by atoms with E-state index in [1.807, 2.05) is 0 Å². The minimum absolute atomic E-state index is 0.104. The maximum Gasteiger partial charge on any atom is 0.573 e. The lowest BCUT2D eigenvalue weighted by Crippen LogP contribution is -2.35. The lowest BCUT2D eigenvalue weighted by atomic mass is 10.1. The van der Waals surface area contributed by atoms with E-state index in [1.165, 1.54) is 30.3 Å². The molecule has 1 amide bonds. The van der Waals surface area contributed by atoms with Crippen LogP contribution >= 0.6 is 0 Å². The van der Waals surface area contributed by atoms with Crippen LogP contribution in [0.2, 0.25) is 0 Å². The number of para-hydroxylation sites is 1. The van der Waals surface area contributed by atoms with Crippen molar-refractivity contribution < 1.29 is 27.1 Å². The van der Waals surface area contributed by atoms with Crippen molar-refractivity contribution >= 4 is 11.6 Å². The van der Waals surface area contributed by atoms with Gasteiger partial charge in [-0.05, 0) is 48.7 Å². The summed E-state index contributed by atoms with van der Waals surface area (Å²) < 4.78 is 54.7. The van der Waals surface area contributed by atoms with E-state index in [9.17, 15) is 22.4 Å². The van der Waals surface area contributed by atoms with Crippen LogP contribution in [0.4, 0.5) is 23.2 Å². The molecule has 0 aliphatic carbocycles. The third-order valence-electron chi connectivity index (χ3n) is 4.85. The van der Waals surface area contributed by atoms with Gasteiger partial charge in [-0.25, -0.2) is 4.39 Å². The average molecular weight is 410 g/mol. The zero-order valence-electron chi connectivity index (χ0n) is 15.8. The van der Waals surface area contributed by atoms with Gasteiger partial charge in [0.05, 0.1) is 0 Å². The van der Waals surface area contributed by atoms with Crippen LogP contribution in [0.1, 0.15) is 18.4 Å². The molecule has 0 aromatic heterocycles. The van der Waals surface area contributed by atoms with Crippen molar-refractivity contribution in [2.24, 2.45) is 0 Å². The maximum absolute atomic E-state index is 13.1. The van der Waals surface area contributed by atoms with Crippen LogP contribution in [0, 0.1) is 5.82 Å². The summed E-state index contributed by atoms with van der Waals surface area (Å²) >= 11 is 0. The molecular formula is C21H22F4N2O2. The molecule has 1 saturated heterocycles. The zero-order valence-corrected chi connectivity index (χ0v) is 15.8. The van der Waals surface area contributed by atoms with E-state index in [0.717, 1.165) is 18.7 Å². The third-order valence-corrected chi connectivity index (χ3v) is 4.85. The number of ether oxygens (including phenoxy) is 1. The molecule has 1 fully saturated rings. The molecule has 4 nitrogen and oxygen atoms in total. The van der Waals surface area contributed by atoms with Gasteiger partial charge in [-0.2, -0.15) is 0 Å². The number of halogens is 4. The molecule has 0 atom stereocenters. The molecule has 3 rings (SSSR count). The van der Waals surface area contributed by atoms with Crippen molar-refractivity contribution in [2.45, 2.75) is 25.6 Å². The molecular weight excluding hydrogens is 388 g/mol. The number of rotatable bonds is 5. The second kappa shape index (κ2) is 9.15. The summed E-state index contributed by atoms with van der Waals surface area (Å²) in [6, 6.07) is 12.1. The maximum atomic E-state index is 13.1. The number of amides is 1. The number of carbonyl (C=O) groups excluding carboxylic acids is 1. The molecule has 0 N–H and O–H groups in total. The van der Waals surface area contributed by atoms with Gasteiger partial charge in [0, 0.05) is 38.3 Å². The van der Waals surface area contributed by atoms with Gasteiger partial charge in [-0.3, -0.25) is 4.79 Å². The number of anilines is 1. The first-order chi connectivity index (χ1) is 13.8. The molecule has 1 aliphatic heterocycles. The molecule has 0 radical (unpaired) electrons. The van der Waals surface area contributed by atoms with Gasteiger partial charge in [-0.15, -0.1) is 13.2 Å². The van der Waals surface area contributed by atoms with Crippen LogP contribution in [0.3, 0.4) is 0 Å².